The van der Waals surface area contributed by atoms with Crippen LogP contribution >= 0.6 is 11.3 Å². The smallest absolute Gasteiger partial charge is 0.269 e. The summed E-state index contributed by atoms with van der Waals surface area (Å²) in [4.78, 5) is 26.8. The van der Waals surface area contributed by atoms with Crippen LogP contribution in [0.5, 0.6) is 0 Å². The van der Waals surface area contributed by atoms with Gasteiger partial charge < -0.3 is 9.84 Å². The Bertz CT molecular complexity index is 843. The molecule has 24 heavy (non-hydrogen) atoms. The van der Waals surface area contributed by atoms with Gasteiger partial charge in [-0.3, -0.25) is 14.9 Å². The highest BCUT2D eigenvalue weighted by Crippen LogP contribution is 2.19. The molecule has 8 nitrogen and oxygen atoms in total. The van der Waals surface area contributed by atoms with E-state index in [1.54, 1.807) is 18.2 Å². The van der Waals surface area contributed by atoms with E-state index in [2.05, 4.69) is 15.5 Å². The topological polar surface area (TPSA) is 111 Å². The van der Waals surface area contributed by atoms with Crippen LogP contribution in [0.2, 0.25) is 0 Å². The summed E-state index contributed by atoms with van der Waals surface area (Å²) in [6.07, 6.45) is 0.400. The van der Waals surface area contributed by atoms with Crippen molar-refractivity contribution in [2.24, 2.45) is 0 Å². The number of carbonyl (C=O) groups excluding carboxylic acids is 1. The van der Waals surface area contributed by atoms with E-state index < -0.39 is 4.92 Å². The highest BCUT2D eigenvalue weighted by molar-refractivity contribution is 7.12. The Morgan fingerprint density at radius 2 is 2.08 bits per heavy atom. The molecule has 0 bridgehead atoms. The van der Waals surface area contributed by atoms with Crippen molar-refractivity contribution in [3.05, 3.63) is 62.7 Å². The van der Waals surface area contributed by atoms with Gasteiger partial charge in [0.1, 0.15) is 0 Å². The predicted octanol–water partition coefficient (Wildman–Crippen LogP) is 2.68. The molecule has 0 aliphatic carbocycles. The Morgan fingerprint density at radius 1 is 1.29 bits per heavy atom. The zero-order valence-electron chi connectivity index (χ0n) is 12.3. The van der Waals surface area contributed by atoms with E-state index in [1.165, 1.54) is 23.5 Å². The highest BCUT2D eigenvalue weighted by Gasteiger charge is 2.12. The lowest BCUT2D eigenvalue weighted by molar-refractivity contribution is -0.384. The summed E-state index contributed by atoms with van der Waals surface area (Å²) in [6.45, 7) is 0.374. The Morgan fingerprint density at radius 3 is 2.75 bits per heavy atom. The zero-order chi connectivity index (χ0) is 16.9. The summed E-state index contributed by atoms with van der Waals surface area (Å²) >= 11 is 1.37. The predicted molar refractivity (Wildman–Crippen MR) is 86.7 cm³/mol. The number of nitro benzene ring substituents is 1. The van der Waals surface area contributed by atoms with E-state index in [9.17, 15) is 14.9 Å². The third-order valence-electron chi connectivity index (χ3n) is 3.17. The van der Waals surface area contributed by atoms with E-state index >= 15 is 0 Å². The Labute approximate surface area is 140 Å². The standard InChI is InChI=1S/C15H12N4O4S/c20-15(12-2-1-9-24-12)16-8-7-13-17-14(18-23-13)10-3-5-11(6-4-10)19(21)22/h1-6,9H,7-8H2,(H,16,20). The van der Waals surface area contributed by atoms with Gasteiger partial charge in [-0.2, -0.15) is 4.98 Å². The molecule has 1 aromatic carbocycles. The van der Waals surface area contributed by atoms with Gasteiger partial charge in [0.05, 0.1) is 9.80 Å². The van der Waals surface area contributed by atoms with Gasteiger partial charge in [-0.25, -0.2) is 0 Å². The van der Waals surface area contributed by atoms with Gasteiger partial charge in [0, 0.05) is 30.7 Å². The minimum Gasteiger partial charge on any atom is -0.351 e. The fourth-order valence-corrected chi connectivity index (χ4v) is 2.62. The van der Waals surface area contributed by atoms with Crippen molar-refractivity contribution < 1.29 is 14.2 Å². The molecule has 0 radical (unpaired) electrons. The molecule has 9 heteroatoms. The monoisotopic (exact) mass is 344 g/mol. The van der Waals surface area contributed by atoms with Crippen molar-refractivity contribution in [1.82, 2.24) is 15.5 Å². The first-order valence-corrected chi connectivity index (χ1v) is 7.90. The number of benzene rings is 1. The van der Waals surface area contributed by atoms with Gasteiger partial charge in [0.25, 0.3) is 11.6 Å². The van der Waals surface area contributed by atoms with Crippen LogP contribution in [0.1, 0.15) is 15.6 Å². The second kappa shape index (κ2) is 7.01. The molecule has 3 aromatic rings. The largest absolute Gasteiger partial charge is 0.351 e. The first kappa shape index (κ1) is 15.8. The van der Waals surface area contributed by atoms with Gasteiger partial charge in [-0.15, -0.1) is 11.3 Å². The van der Waals surface area contributed by atoms with Gasteiger partial charge in [-0.1, -0.05) is 11.2 Å². The molecule has 2 aromatic heterocycles. The van der Waals surface area contributed by atoms with E-state index in [0.29, 0.717) is 35.1 Å². The Kier molecular flexibility index (Phi) is 4.62. The second-order valence-electron chi connectivity index (χ2n) is 4.80. The quantitative estimate of drug-likeness (QED) is 0.543. The van der Waals surface area contributed by atoms with Gasteiger partial charge in [-0.05, 0) is 23.6 Å². The maximum Gasteiger partial charge on any atom is 0.269 e. The van der Waals surface area contributed by atoms with Crippen molar-refractivity contribution in [2.75, 3.05) is 6.54 Å². The fourth-order valence-electron chi connectivity index (χ4n) is 1.98. The van der Waals surface area contributed by atoms with Crippen LogP contribution in [0.4, 0.5) is 5.69 Å². The van der Waals surface area contributed by atoms with E-state index in [0.717, 1.165) is 0 Å². The second-order valence-corrected chi connectivity index (χ2v) is 5.75. The van der Waals surface area contributed by atoms with Crippen molar-refractivity contribution in [2.45, 2.75) is 6.42 Å². The highest BCUT2D eigenvalue weighted by atomic mass is 32.1. The number of nitro groups is 1. The van der Waals surface area contributed by atoms with Crippen LogP contribution in [0.15, 0.2) is 46.3 Å². The average Bonchev–Trinajstić information content (AvgIpc) is 3.27. The number of nitrogens with zero attached hydrogens (tertiary/aromatic N) is 3. The summed E-state index contributed by atoms with van der Waals surface area (Å²) < 4.78 is 5.13. The number of amides is 1. The number of non-ortho nitro benzene ring substituents is 1. The van der Waals surface area contributed by atoms with Crippen LogP contribution in [0.3, 0.4) is 0 Å². The minimum atomic E-state index is -0.471. The molecule has 0 atom stereocenters. The molecular weight excluding hydrogens is 332 g/mol. The molecule has 0 saturated carbocycles. The van der Waals surface area contributed by atoms with Gasteiger partial charge >= 0.3 is 0 Å². The average molecular weight is 344 g/mol. The summed E-state index contributed by atoms with van der Waals surface area (Å²) in [5.41, 5.74) is 0.622. The molecule has 3 rings (SSSR count). The minimum absolute atomic E-state index is 0.00115. The molecule has 1 N–H and O–H groups in total. The summed E-state index contributed by atoms with van der Waals surface area (Å²) in [6, 6.07) is 9.45. The molecule has 0 aliphatic heterocycles. The van der Waals surface area contributed by atoms with Crippen LogP contribution in [0.25, 0.3) is 11.4 Å². The number of hydrogen-bond donors (Lipinski definition) is 1. The summed E-state index contributed by atoms with van der Waals surface area (Å²) in [7, 11) is 0. The Hall–Kier alpha value is -3.07. The third-order valence-corrected chi connectivity index (χ3v) is 4.04. The number of hydrogen-bond acceptors (Lipinski definition) is 7. The first-order valence-electron chi connectivity index (χ1n) is 7.02. The van der Waals surface area contributed by atoms with E-state index in [1.807, 2.05) is 11.4 Å². The van der Waals surface area contributed by atoms with Crippen LogP contribution in [-0.4, -0.2) is 27.5 Å². The normalized spacial score (nSPS) is 10.5. The molecular formula is C15H12N4O4S. The Balaban J connectivity index is 1.57. The first-order chi connectivity index (χ1) is 11.6. The lowest BCUT2D eigenvalue weighted by Crippen LogP contribution is -2.24. The lowest BCUT2D eigenvalue weighted by atomic mass is 10.2. The maximum atomic E-state index is 11.8. The third kappa shape index (κ3) is 3.63. The maximum absolute atomic E-state index is 11.8. The van der Waals surface area contributed by atoms with Crippen molar-refractivity contribution in [3.63, 3.8) is 0 Å². The van der Waals surface area contributed by atoms with Crippen LogP contribution in [-0.2, 0) is 6.42 Å². The van der Waals surface area contributed by atoms with Gasteiger partial charge in [0.2, 0.25) is 11.7 Å². The summed E-state index contributed by atoms with van der Waals surface area (Å²) in [5.74, 6) is 0.597. The SMILES string of the molecule is O=C(NCCc1nc(-c2ccc([N+](=O)[O-])cc2)no1)c1cccs1. The van der Waals surface area contributed by atoms with Crippen LogP contribution in [0, 0.1) is 10.1 Å². The van der Waals surface area contributed by atoms with Gasteiger partial charge in [0.15, 0.2) is 0 Å². The molecule has 2 heterocycles. The number of nitrogens with one attached hydrogen (secondary N) is 1. The molecule has 0 saturated heterocycles. The molecule has 0 unspecified atom stereocenters. The molecule has 0 aliphatic rings. The molecule has 1 amide bonds. The van der Waals surface area contributed by atoms with Crippen molar-refractivity contribution >= 4 is 22.9 Å². The fraction of sp³-hybridized carbons (Fsp3) is 0.133. The van der Waals surface area contributed by atoms with Crippen molar-refractivity contribution in [1.29, 1.82) is 0 Å². The number of rotatable bonds is 6. The molecule has 0 fully saturated rings. The number of carbonyl (C=O) groups is 1. The zero-order valence-corrected chi connectivity index (χ0v) is 13.2. The summed E-state index contributed by atoms with van der Waals surface area (Å²) in [5, 5.41) is 19.1. The molecule has 0 spiro atoms. The van der Waals surface area contributed by atoms with Crippen molar-refractivity contribution in [3.8, 4) is 11.4 Å². The van der Waals surface area contributed by atoms with E-state index in [-0.39, 0.29) is 11.6 Å². The lowest BCUT2D eigenvalue weighted by Gasteiger charge is -2.00. The number of aromatic nitrogens is 2. The van der Waals surface area contributed by atoms with E-state index in [4.69, 9.17) is 4.52 Å². The van der Waals surface area contributed by atoms with Crippen LogP contribution < -0.4 is 5.32 Å². The molecule has 122 valence electrons. The number of thiophene rings is 1.